The molecule has 0 aromatic heterocycles. The van der Waals surface area contributed by atoms with Crippen LogP contribution in [0.3, 0.4) is 0 Å². The van der Waals surface area contributed by atoms with E-state index in [0.29, 0.717) is 28.7 Å². The summed E-state index contributed by atoms with van der Waals surface area (Å²) in [5.74, 6) is -0.0863. The van der Waals surface area contributed by atoms with Crippen molar-refractivity contribution in [1.82, 2.24) is 4.90 Å². The molecule has 2 aromatic rings. The Morgan fingerprint density at radius 2 is 1.87 bits per heavy atom. The predicted octanol–water partition coefficient (Wildman–Crippen LogP) is 7.72. The standard InChI is InChI=1S/C26H35Cl2FN2/c1-5-17(2)24(21-11-8-12-22(28)25(21)29)26(3,31(4)20-9-6-7-10-20)16-18-13-14-19(27)15-23(18)30/h8,11-15,17,20,24H,5-7,9-10,16,30H2,1-4H3. The lowest BCUT2D eigenvalue weighted by molar-refractivity contribution is 0.0430. The van der Waals surface area contributed by atoms with Crippen LogP contribution in [0, 0.1) is 11.7 Å². The fraction of sp³-hybridized carbons (Fsp3) is 0.538. The third-order valence-electron chi connectivity index (χ3n) is 7.53. The van der Waals surface area contributed by atoms with Gasteiger partial charge in [0.05, 0.1) is 5.02 Å². The van der Waals surface area contributed by atoms with Gasteiger partial charge in [-0.05, 0) is 68.5 Å². The molecule has 0 heterocycles. The van der Waals surface area contributed by atoms with Gasteiger partial charge in [-0.1, -0.05) is 74.5 Å². The Morgan fingerprint density at radius 1 is 1.19 bits per heavy atom. The fourth-order valence-electron chi connectivity index (χ4n) is 5.53. The van der Waals surface area contributed by atoms with Gasteiger partial charge in [-0.15, -0.1) is 0 Å². The van der Waals surface area contributed by atoms with Crippen LogP contribution in [0.15, 0.2) is 36.4 Å². The van der Waals surface area contributed by atoms with Crippen LogP contribution in [-0.2, 0) is 6.42 Å². The normalized spacial score (nSPS) is 18.8. The largest absolute Gasteiger partial charge is 0.398 e. The molecule has 0 radical (unpaired) electrons. The number of benzene rings is 2. The van der Waals surface area contributed by atoms with Crippen LogP contribution in [0.5, 0.6) is 0 Å². The Bertz CT molecular complexity index is 897. The molecule has 2 N–H and O–H groups in total. The van der Waals surface area contributed by atoms with Crippen LogP contribution in [0.1, 0.15) is 69.9 Å². The highest BCUT2D eigenvalue weighted by Gasteiger charge is 2.45. The molecule has 1 aliphatic carbocycles. The molecular weight excluding hydrogens is 430 g/mol. The van der Waals surface area contributed by atoms with E-state index in [1.54, 1.807) is 6.07 Å². The van der Waals surface area contributed by atoms with E-state index in [9.17, 15) is 0 Å². The number of rotatable bonds is 8. The first kappa shape index (κ1) is 24.4. The van der Waals surface area contributed by atoms with Crippen molar-refractivity contribution in [3.63, 3.8) is 0 Å². The number of nitrogens with two attached hydrogens (primary N) is 1. The first-order valence-corrected chi connectivity index (χ1v) is 12.1. The molecule has 2 nitrogen and oxygen atoms in total. The summed E-state index contributed by atoms with van der Waals surface area (Å²) in [6.45, 7) is 6.67. The van der Waals surface area contributed by atoms with Gasteiger partial charge in [0.15, 0.2) is 0 Å². The van der Waals surface area contributed by atoms with Crippen molar-refractivity contribution in [2.75, 3.05) is 12.8 Å². The molecule has 1 saturated carbocycles. The summed E-state index contributed by atoms with van der Waals surface area (Å²) in [7, 11) is 2.21. The third kappa shape index (κ3) is 5.05. The maximum absolute atomic E-state index is 15.4. The van der Waals surface area contributed by atoms with Gasteiger partial charge in [-0.2, -0.15) is 0 Å². The summed E-state index contributed by atoms with van der Waals surface area (Å²) in [5, 5.41) is 0.814. The number of hydrogen-bond acceptors (Lipinski definition) is 2. The molecule has 5 heteroatoms. The van der Waals surface area contributed by atoms with E-state index in [0.717, 1.165) is 12.0 Å². The molecule has 1 aliphatic rings. The van der Waals surface area contributed by atoms with E-state index in [1.807, 2.05) is 30.3 Å². The second-order valence-corrected chi connectivity index (χ2v) is 10.3. The lowest BCUT2D eigenvalue weighted by Gasteiger charge is -2.50. The summed E-state index contributed by atoms with van der Waals surface area (Å²) < 4.78 is 15.4. The zero-order valence-corrected chi connectivity index (χ0v) is 20.6. The molecule has 170 valence electrons. The molecule has 0 amide bonds. The second-order valence-electron chi connectivity index (χ2n) is 9.43. The van der Waals surface area contributed by atoms with Crippen molar-refractivity contribution in [2.24, 2.45) is 5.92 Å². The average molecular weight is 465 g/mol. The molecule has 2 aromatic carbocycles. The van der Waals surface area contributed by atoms with E-state index in [2.05, 4.69) is 32.7 Å². The minimum absolute atomic E-state index is 0.0446. The van der Waals surface area contributed by atoms with Crippen molar-refractivity contribution in [3.05, 3.63) is 63.4 Å². The van der Waals surface area contributed by atoms with Crippen molar-refractivity contribution < 1.29 is 4.39 Å². The topological polar surface area (TPSA) is 29.3 Å². The Hall–Kier alpha value is -1.29. The maximum Gasteiger partial charge on any atom is 0.145 e. The average Bonchev–Trinajstić information content (AvgIpc) is 3.27. The fourth-order valence-corrected chi connectivity index (χ4v) is 5.89. The molecule has 0 saturated heterocycles. The molecule has 31 heavy (non-hydrogen) atoms. The van der Waals surface area contributed by atoms with Gasteiger partial charge in [-0.25, -0.2) is 4.39 Å². The van der Waals surface area contributed by atoms with Gasteiger partial charge in [0.2, 0.25) is 0 Å². The van der Waals surface area contributed by atoms with Gasteiger partial charge in [0.1, 0.15) is 5.82 Å². The molecule has 3 unspecified atom stereocenters. The smallest absolute Gasteiger partial charge is 0.145 e. The van der Waals surface area contributed by atoms with E-state index in [-0.39, 0.29) is 28.2 Å². The number of nitrogens with zero attached hydrogens (tertiary/aromatic N) is 1. The summed E-state index contributed by atoms with van der Waals surface area (Å²) in [6, 6.07) is 11.6. The van der Waals surface area contributed by atoms with Gasteiger partial charge < -0.3 is 5.73 Å². The molecule has 0 spiro atoms. The lowest BCUT2D eigenvalue weighted by atomic mass is 9.68. The first-order chi connectivity index (χ1) is 14.7. The van der Waals surface area contributed by atoms with E-state index in [4.69, 9.17) is 28.9 Å². The van der Waals surface area contributed by atoms with Gasteiger partial charge in [0, 0.05) is 28.2 Å². The highest BCUT2D eigenvalue weighted by Crippen LogP contribution is 2.46. The van der Waals surface area contributed by atoms with E-state index in [1.165, 1.54) is 25.7 Å². The highest BCUT2D eigenvalue weighted by molar-refractivity contribution is 6.31. The van der Waals surface area contributed by atoms with Crippen LogP contribution in [0.2, 0.25) is 10.0 Å². The SMILES string of the molecule is CCC(C)C(c1cccc(Cl)c1F)C(C)(Cc1ccc(Cl)cc1N)N(C)C1CCCC1. The molecule has 0 aliphatic heterocycles. The third-order valence-corrected chi connectivity index (χ3v) is 8.06. The molecule has 3 atom stereocenters. The monoisotopic (exact) mass is 464 g/mol. The molecule has 0 bridgehead atoms. The zero-order chi connectivity index (χ0) is 22.8. The molecular formula is C26H35Cl2FN2. The van der Waals surface area contributed by atoms with Crippen molar-refractivity contribution in [1.29, 1.82) is 0 Å². The molecule has 1 fully saturated rings. The van der Waals surface area contributed by atoms with Crippen LogP contribution in [0.4, 0.5) is 10.1 Å². The van der Waals surface area contributed by atoms with Crippen molar-refractivity contribution in [2.45, 2.75) is 76.8 Å². The van der Waals surface area contributed by atoms with Crippen molar-refractivity contribution in [3.8, 4) is 0 Å². The predicted molar refractivity (Wildman–Crippen MR) is 132 cm³/mol. The lowest BCUT2D eigenvalue weighted by Crippen LogP contribution is -2.55. The number of anilines is 1. The number of likely N-dealkylation sites (N-methyl/N-ethyl adjacent to an activating group) is 1. The van der Waals surface area contributed by atoms with Gasteiger partial charge in [-0.3, -0.25) is 4.90 Å². The van der Waals surface area contributed by atoms with Crippen molar-refractivity contribution >= 4 is 28.9 Å². The number of nitrogen functional groups attached to an aromatic ring is 1. The maximum atomic E-state index is 15.4. The quantitative estimate of drug-likeness (QED) is 0.405. The van der Waals surface area contributed by atoms with Crippen LogP contribution < -0.4 is 5.73 Å². The summed E-state index contributed by atoms with van der Waals surface area (Å²) in [5.41, 5.74) is 8.47. The Kier molecular flexibility index (Phi) is 7.94. The summed E-state index contributed by atoms with van der Waals surface area (Å²) >= 11 is 12.4. The van der Waals surface area contributed by atoms with E-state index < -0.39 is 0 Å². The van der Waals surface area contributed by atoms with Gasteiger partial charge in [0.25, 0.3) is 0 Å². The Labute approximate surface area is 196 Å². The number of hydrogen-bond donors (Lipinski definition) is 1. The highest BCUT2D eigenvalue weighted by atomic mass is 35.5. The molecule has 3 rings (SSSR count). The van der Waals surface area contributed by atoms with Crippen LogP contribution in [-0.4, -0.2) is 23.5 Å². The van der Waals surface area contributed by atoms with Gasteiger partial charge >= 0.3 is 0 Å². The second kappa shape index (κ2) is 10.1. The van der Waals surface area contributed by atoms with Crippen LogP contribution in [0.25, 0.3) is 0 Å². The Balaban J connectivity index is 2.16. The van der Waals surface area contributed by atoms with E-state index >= 15 is 4.39 Å². The Morgan fingerprint density at radius 3 is 2.48 bits per heavy atom. The first-order valence-electron chi connectivity index (χ1n) is 11.4. The van der Waals surface area contributed by atoms with Crippen LogP contribution >= 0.6 is 23.2 Å². The zero-order valence-electron chi connectivity index (χ0n) is 19.1. The summed E-state index contributed by atoms with van der Waals surface area (Å²) in [4.78, 5) is 2.51. The minimum atomic E-state index is -0.349. The summed E-state index contributed by atoms with van der Waals surface area (Å²) in [6.07, 6.45) is 6.49. The minimum Gasteiger partial charge on any atom is -0.398 e. The number of halogens is 3.